The highest BCUT2D eigenvalue weighted by Gasteiger charge is 2.46. The molecule has 8 nitrogen and oxygen atoms in total. The van der Waals surface area contributed by atoms with Crippen molar-refractivity contribution in [3.63, 3.8) is 0 Å². The molecule has 0 radical (unpaired) electrons. The first-order chi connectivity index (χ1) is 11.7. The van der Waals surface area contributed by atoms with Crippen LogP contribution in [0.2, 0.25) is 6.04 Å². The van der Waals surface area contributed by atoms with Crippen LogP contribution in [-0.4, -0.2) is 57.2 Å². The van der Waals surface area contributed by atoms with E-state index in [2.05, 4.69) is 5.32 Å². The van der Waals surface area contributed by atoms with Gasteiger partial charge in [-0.2, -0.15) is 0 Å². The van der Waals surface area contributed by atoms with Gasteiger partial charge in [-0.1, -0.05) is 6.42 Å². The lowest BCUT2D eigenvalue weighted by molar-refractivity contribution is -0.131. The van der Waals surface area contributed by atoms with Crippen molar-refractivity contribution in [1.29, 1.82) is 0 Å². The molecule has 0 aromatic rings. The van der Waals surface area contributed by atoms with E-state index in [-0.39, 0.29) is 5.91 Å². The molecule has 3 N–H and O–H groups in total. The Kier molecular flexibility index (Phi) is 8.49. The van der Waals surface area contributed by atoms with Crippen molar-refractivity contribution < 1.29 is 22.9 Å². The summed E-state index contributed by atoms with van der Waals surface area (Å²) in [6, 6.07) is 0.269. The van der Waals surface area contributed by atoms with Crippen LogP contribution in [0.1, 0.15) is 53.9 Å². The number of hydrogen-bond donors (Lipinski definition) is 2. The van der Waals surface area contributed by atoms with Crippen LogP contribution in [0, 0.1) is 0 Å². The number of nitrogens with zero attached hydrogens (tertiary/aromatic N) is 1. The van der Waals surface area contributed by atoms with E-state index in [9.17, 15) is 9.59 Å². The SMILES string of the molecule is CCO[Si](CCCCC(N)N1C(=O)NC(C)(C)C1=O)(OCC)OCC. The maximum Gasteiger partial charge on any atom is 0.500 e. The molecule has 1 saturated heterocycles. The normalized spacial score (nSPS) is 18.6. The van der Waals surface area contributed by atoms with Crippen molar-refractivity contribution in [1.82, 2.24) is 10.2 Å². The van der Waals surface area contributed by atoms with Crippen molar-refractivity contribution >= 4 is 20.7 Å². The lowest BCUT2D eigenvalue weighted by Crippen LogP contribution is -2.48. The molecule has 9 heteroatoms. The molecule has 1 rings (SSSR count). The maximum absolute atomic E-state index is 12.2. The fraction of sp³-hybridized carbons (Fsp3) is 0.875. The van der Waals surface area contributed by atoms with Crippen LogP contribution in [0.25, 0.3) is 0 Å². The Morgan fingerprint density at radius 1 is 1.08 bits per heavy atom. The summed E-state index contributed by atoms with van der Waals surface area (Å²) in [7, 11) is -2.65. The number of nitrogens with one attached hydrogen (secondary N) is 1. The van der Waals surface area contributed by atoms with Gasteiger partial charge in [-0.25, -0.2) is 9.69 Å². The van der Waals surface area contributed by atoms with Gasteiger partial charge in [-0.05, 0) is 47.5 Å². The molecule has 0 saturated carbocycles. The zero-order valence-electron chi connectivity index (χ0n) is 16.1. The van der Waals surface area contributed by atoms with Crippen molar-refractivity contribution in [2.24, 2.45) is 5.73 Å². The summed E-state index contributed by atoms with van der Waals surface area (Å²) in [4.78, 5) is 25.3. The number of hydrogen-bond acceptors (Lipinski definition) is 6. The highest BCUT2D eigenvalue weighted by atomic mass is 28.4. The van der Waals surface area contributed by atoms with E-state index in [0.717, 1.165) is 17.7 Å². The first-order valence-electron chi connectivity index (χ1n) is 9.06. The summed E-state index contributed by atoms with van der Waals surface area (Å²) < 4.78 is 17.4. The predicted octanol–water partition coefficient (Wildman–Crippen LogP) is 1.82. The van der Waals surface area contributed by atoms with Crippen LogP contribution >= 0.6 is 0 Å². The second kappa shape index (κ2) is 9.63. The minimum atomic E-state index is -2.65. The second-order valence-electron chi connectivity index (χ2n) is 6.53. The van der Waals surface area contributed by atoms with Gasteiger partial charge in [-0.3, -0.25) is 4.79 Å². The van der Waals surface area contributed by atoms with Gasteiger partial charge in [0, 0.05) is 25.9 Å². The van der Waals surface area contributed by atoms with Gasteiger partial charge in [0.25, 0.3) is 5.91 Å². The van der Waals surface area contributed by atoms with Gasteiger partial charge >= 0.3 is 14.8 Å². The van der Waals surface area contributed by atoms with Gasteiger partial charge in [0.05, 0.1) is 6.17 Å². The average molecular weight is 376 g/mol. The molecule has 25 heavy (non-hydrogen) atoms. The lowest BCUT2D eigenvalue weighted by Gasteiger charge is -2.28. The number of nitrogens with two attached hydrogens (primary N) is 1. The zero-order valence-corrected chi connectivity index (χ0v) is 17.1. The Balaban J connectivity index is 2.52. The third-order valence-electron chi connectivity index (χ3n) is 4.05. The van der Waals surface area contributed by atoms with E-state index in [1.807, 2.05) is 20.8 Å². The van der Waals surface area contributed by atoms with Crippen LogP contribution in [0.5, 0.6) is 0 Å². The van der Waals surface area contributed by atoms with Crippen molar-refractivity contribution in [3.05, 3.63) is 0 Å². The average Bonchev–Trinajstić information content (AvgIpc) is 2.72. The van der Waals surface area contributed by atoms with E-state index in [4.69, 9.17) is 19.0 Å². The number of rotatable bonds is 12. The fourth-order valence-corrected chi connectivity index (χ4v) is 5.59. The molecule has 0 aromatic carbocycles. The summed E-state index contributed by atoms with van der Waals surface area (Å²) >= 11 is 0. The molecule has 3 amide bonds. The molecule has 1 unspecified atom stereocenters. The van der Waals surface area contributed by atoms with Gasteiger partial charge in [0.2, 0.25) is 0 Å². The van der Waals surface area contributed by atoms with Crippen LogP contribution in [0.3, 0.4) is 0 Å². The summed E-state index contributed by atoms with van der Waals surface area (Å²) in [6.45, 7) is 10.8. The Morgan fingerprint density at radius 2 is 1.60 bits per heavy atom. The monoisotopic (exact) mass is 375 g/mol. The quantitative estimate of drug-likeness (QED) is 0.306. The number of amides is 3. The number of unbranched alkanes of at least 4 members (excludes halogenated alkanes) is 1. The summed E-state index contributed by atoms with van der Waals surface area (Å²) in [5.74, 6) is -0.285. The number of carbonyl (C=O) groups excluding carboxylic acids is 2. The van der Waals surface area contributed by atoms with Crippen molar-refractivity contribution in [2.45, 2.75) is 71.6 Å². The second-order valence-corrected chi connectivity index (χ2v) is 9.26. The fourth-order valence-electron chi connectivity index (χ4n) is 2.90. The molecular weight excluding hydrogens is 342 g/mol. The van der Waals surface area contributed by atoms with Crippen LogP contribution in [0.4, 0.5) is 4.79 Å². The van der Waals surface area contributed by atoms with Crippen molar-refractivity contribution in [3.8, 4) is 0 Å². The minimum absolute atomic E-state index is 0.285. The molecule has 1 heterocycles. The highest BCUT2D eigenvalue weighted by molar-refractivity contribution is 6.60. The van der Waals surface area contributed by atoms with E-state index in [0.29, 0.717) is 32.3 Å². The van der Waals surface area contributed by atoms with Gasteiger partial charge in [-0.15, -0.1) is 0 Å². The Hall–Kier alpha value is -1.00. The molecule has 1 fully saturated rings. The van der Waals surface area contributed by atoms with E-state index >= 15 is 0 Å². The zero-order chi connectivity index (χ0) is 19.1. The Labute approximate surface area is 151 Å². The van der Waals surface area contributed by atoms with Gasteiger partial charge in [0.15, 0.2) is 0 Å². The predicted molar refractivity (Wildman–Crippen MR) is 96.7 cm³/mol. The molecule has 146 valence electrons. The van der Waals surface area contributed by atoms with E-state index in [1.54, 1.807) is 13.8 Å². The van der Waals surface area contributed by atoms with Crippen LogP contribution < -0.4 is 11.1 Å². The summed E-state index contributed by atoms with van der Waals surface area (Å²) in [5.41, 5.74) is 5.18. The molecule has 1 aliphatic heterocycles. The summed E-state index contributed by atoms with van der Waals surface area (Å²) in [5, 5.41) is 2.64. The topological polar surface area (TPSA) is 103 Å². The first kappa shape index (κ1) is 22.0. The first-order valence-corrected chi connectivity index (χ1v) is 11.0. The van der Waals surface area contributed by atoms with Crippen LogP contribution in [-0.2, 0) is 18.1 Å². The Morgan fingerprint density at radius 3 is 2.00 bits per heavy atom. The van der Waals surface area contributed by atoms with Crippen LogP contribution in [0.15, 0.2) is 0 Å². The van der Waals surface area contributed by atoms with Crippen molar-refractivity contribution in [2.75, 3.05) is 19.8 Å². The number of urea groups is 1. The smallest absolute Gasteiger partial charge is 0.374 e. The molecule has 0 bridgehead atoms. The van der Waals surface area contributed by atoms with Gasteiger partial charge < -0.3 is 24.3 Å². The molecule has 0 aliphatic carbocycles. The molecule has 1 aliphatic rings. The third-order valence-corrected chi connectivity index (χ3v) is 7.20. The number of carbonyl (C=O) groups is 2. The summed E-state index contributed by atoms with van der Waals surface area (Å²) in [6.07, 6.45) is 1.45. The molecule has 1 atom stereocenters. The van der Waals surface area contributed by atoms with E-state index in [1.165, 1.54) is 0 Å². The largest absolute Gasteiger partial charge is 0.500 e. The van der Waals surface area contributed by atoms with Gasteiger partial charge in [0.1, 0.15) is 5.54 Å². The standard InChI is InChI=1S/C16H33N3O5Si/c1-6-22-25(23-7-2,24-8-3)12-10-9-11-13(17)19-14(20)16(4,5)18-15(19)21/h13H,6-12,17H2,1-5H3,(H,18,21). The highest BCUT2D eigenvalue weighted by Crippen LogP contribution is 2.22. The minimum Gasteiger partial charge on any atom is -0.374 e. The molecule has 0 spiro atoms. The molecular formula is C16H33N3O5Si. The Bertz CT molecular complexity index is 444. The third kappa shape index (κ3) is 5.75. The number of imide groups is 1. The lowest BCUT2D eigenvalue weighted by atomic mass is 10.1. The van der Waals surface area contributed by atoms with E-state index < -0.39 is 26.5 Å². The molecule has 0 aromatic heterocycles. The maximum atomic E-state index is 12.2.